The van der Waals surface area contributed by atoms with Crippen LogP contribution < -0.4 is 16.2 Å². The molecule has 0 fully saturated rings. The second kappa shape index (κ2) is 8.34. The lowest BCUT2D eigenvalue weighted by Gasteiger charge is -2.12. The van der Waals surface area contributed by atoms with E-state index in [1.54, 1.807) is 24.3 Å². The van der Waals surface area contributed by atoms with E-state index in [1.165, 1.54) is 6.33 Å². The summed E-state index contributed by atoms with van der Waals surface area (Å²) in [5.41, 5.74) is 8.61. The van der Waals surface area contributed by atoms with Crippen LogP contribution in [-0.2, 0) is 0 Å². The maximum Gasteiger partial charge on any atom is 0.355 e. The molecular formula is C20H20N6O3. The number of nitrogens with one attached hydrogen (secondary N) is 3. The Bertz CT molecular complexity index is 1070. The van der Waals surface area contributed by atoms with Crippen LogP contribution in [0.4, 0.5) is 23.0 Å². The van der Waals surface area contributed by atoms with Crippen molar-refractivity contribution in [2.75, 3.05) is 10.7 Å². The van der Waals surface area contributed by atoms with E-state index in [4.69, 9.17) is 0 Å². The van der Waals surface area contributed by atoms with Crippen molar-refractivity contribution in [1.82, 2.24) is 15.4 Å². The minimum absolute atomic E-state index is 0.0192. The highest BCUT2D eigenvalue weighted by Crippen LogP contribution is 2.31. The first kappa shape index (κ1) is 19.7. The largest absolute Gasteiger partial charge is 0.355 e. The van der Waals surface area contributed by atoms with Crippen molar-refractivity contribution in [2.45, 2.75) is 20.8 Å². The van der Waals surface area contributed by atoms with Gasteiger partial charge in [0.15, 0.2) is 0 Å². The van der Waals surface area contributed by atoms with Crippen molar-refractivity contribution in [3.05, 3.63) is 81.2 Å². The molecule has 3 N–H and O–H groups in total. The van der Waals surface area contributed by atoms with Gasteiger partial charge < -0.3 is 5.32 Å². The summed E-state index contributed by atoms with van der Waals surface area (Å²) in [5.74, 6) is -0.550. The number of nitro groups is 1. The first-order valence-electron chi connectivity index (χ1n) is 8.82. The van der Waals surface area contributed by atoms with Crippen LogP contribution >= 0.6 is 0 Å². The number of nitrogens with zero attached hydrogens (tertiary/aromatic N) is 3. The third kappa shape index (κ3) is 4.64. The van der Waals surface area contributed by atoms with Gasteiger partial charge in [-0.15, -0.1) is 0 Å². The molecule has 29 heavy (non-hydrogen) atoms. The molecule has 0 aliphatic rings. The first-order valence-corrected chi connectivity index (χ1v) is 8.82. The zero-order valence-electron chi connectivity index (χ0n) is 16.2. The van der Waals surface area contributed by atoms with Crippen LogP contribution in [0.15, 0.2) is 48.8 Å². The predicted octanol–water partition coefficient (Wildman–Crippen LogP) is 3.81. The third-order valence-electron chi connectivity index (χ3n) is 4.26. The van der Waals surface area contributed by atoms with Gasteiger partial charge in [0.1, 0.15) is 6.33 Å². The summed E-state index contributed by atoms with van der Waals surface area (Å²) in [5, 5.41) is 14.7. The molecule has 0 unspecified atom stereocenters. The van der Waals surface area contributed by atoms with Gasteiger partial charge in [-0.1, -0.05) is 29.8 Å². The first-order chi connectivity index (χ1) is 13.8. The lowest BCUT2D eigenvalue weighted by Crippen LogP contribution is -2.30. The number of benzene rings is 2. The van der Waals surface area contributed by atoms with E-state index in [9.17, 15) is 14.9 Å². The molecular weight excluding hydrogens is 372 g/mol. The number of aromatic nitrogens is 2. The predicted molar refractivity (Wildman–Crippen MR) is 110 cm³/mol. The number of carbonyl (C=O) groups excluding carboxylic acids is 1. The summed E-state index contributed by atoms with van der Waals surface area (Å²) in [6, 6.07) is 12.6. The second-order valence-corrected chi connectivity index (χ2v) is 6.57. The highest BCUT2D eigenvalue weighted by molar-refractivity contribution is 5.95. The molecule has 0 radical (unpaired) electrons. The Labute approximate surface area is 167 Å². The average Bonchev–Trinajstić information content (AvgIpc) is 2.69. The average molecular weight is 392 g/mol. The van der Waals surface area contributed by atoms with Crippen molar-refractivity contribution >= 4 is 28.9 Å². The van der Waals surface area contributed by atoms with Gasteiger partial charge in [-0.3, -0.25) is 25.8 Å². The molecule has 0 bridgehead atoms. The molecule has 148 valence electrons. The van der Waals surface area contributed by atoms with Gasteiger partial charge in [-0.2, -0.15) is 0 Å². The van der Waals surface area contributed by atoms with Gasteiger partial charge in [0, 0.05) is 11.3 Å². The number of rotatable bonds is 6. The van der Waals surface area contributed by atoms with Crippen molar-refractivity contribution in [3.63, 3.8) is 0 Å². The SMILES string of the molecule is Cc1ccc(C(=O)NNc2ncnc(Nc3cc(C)ccc3C)c2[N+](=O)[O-])cc1. The topological polar surface area (TPSA) is 122 Å². The molecule has 1 amide bonds. The fourth-order valence-corrected chi connectivity index (χ4v) is 2.63. The highest BCUT2D eigenvalue weighted by atomic mass is 16.6. The minimum atomic E-state index is -0.603. The number of amides is 1. The Balaban J connectivity index is 1.85. The fraction of sp³-hybridized carbons (Fsp3) is 0.150. The van der Waals surface area contributed by atoms with Gasteiger partial charge in [-0.05, 0) is 50.1 Å². The number of hydrazine groups is 1. The quantitative estimate of drug-likeness (QED) is 0.431. The van der Waals surface area contributed by atoms with Crippen LogP contribution in [0.2, 0.25) is 0 Å². The zero-order chi connectivity index (χ0) is 21.0. The second-order valence-electron chi connectivity index (χ2n) is 6.57. The van der Waals surface area contributed by atoms with Gasteiger partial charge in [-0.25, -0.2) is 9.97 Å². The normalized spacial score (nSPS) is 10.3. The molecule has 0 aliphatic heterocycles. The Morgan fingerprint density at radius 1 is 0.966 bits per heavy atom. The number of hydrogen-bond donors (Lipinski definition) is 3. The smallest absolute Gasteiger partial charge is 0.334 e. The standard InChI is InChI=1S/C20H20N6O3/c1-12-5-8-15(9-6-12)20(27)25-24-19-17(26(28)29)18(21-11-22-19)23-16-10-13(2)4-7-14(16)3/h4-11H,1-3H3,(H,25,27)(H2,21,22,23,24). The number of aryl methyl sites for hydroxylation is 3. The summed E-state index contributed by atoms with van der Waals surface area (Å²) >= 11 is 0. The van der Waals surface area contributed by atoms with Crippen LogP contribution in [0.5, 0.6) is 0 Å². The summed E-state index contributed by atoms with van der Waals surface area (Å²) in [7, 11) is 0. The van der Waals surface area contributed by atoms with Crippen LogP contribution in [-0.4, -0.2) is 20.8 Å². The van der Waals surface area contributed by atoms with E-state index in [2.05, 4.69) is 26.1 Å². The monoisotopic (exact) mass is 392 g/mol. The molecule has 2 aromatic carbocycles. The van der Waals surface area contributed by atoms with Gasteiger partial charge in [0.25, 0.3) is 5.91 Å². The Hall–Kier alpha value is -4.01. The van der Waals surface area contributed by atoms with Crippen molar-refractivity contribution in [1.29, 1.82) is 0 Å². The Morgan fingerprint density at radius 3 is 2.31 bits per heavy atom. The van der Waals surface area contributed by atoms with Crippen LogP contribution in [0.25, 0.3) is 0 Å². The summed E-state index contributed by atoms with van der Waals surface area (Å²) < 4.78 is 0. The summed E-state index contributed by atoms with van der Waals surface area (Å²) in [6.07, 6.45) is 1.18. The molecule has 9 nitrogen and oxygen atoms in total. The van der Waals surface area contributed by atoms with E-state index in [1.807, 2.05) is 39.0 Å². The van der Waals surface area contributed by atoms with E-state index in [-0.39, 0.29) is 17.3 Å². The molecule has 3 aromatic rings. The highest BCUT2D eigenvalue weighted by Gasteiger charge is 2.24. The van der Waals surface area contributed by atoms with Gasteiger partial charge in [0.05, 0.1) is 4.92 Å². The van der Waals surface area contributed by atoms with Gasteiger partial charge >= 0.3 is 5.69 Å². The number of anilines is 3. The van der Waals surface area contributed by atoms with Crippen molar-refractivity contribution < 1.29 is 9.72 Å². The molecule has 3 rings (SSSR count). The molecule has 0 aliphatic carbocycles. The maximum absolute atomic E-state index is 12.3. The molecule has 0 saturated heterocycles. The minimum Gasteiger partial charge on any atom is -0.334 e. The van der Waals surface area contributed by atoms with E-state index >= 15 is 0 Å². The van der Waals surface area contributed by atoms with E-state index < -0.39 is 10.8 Å². The Kier molecular flexibility index (Phi) is 5.68. The lowest BCUT2D eigenvalue weighted by molar-refractivity contribution is -0.383. The molecule has 0 spiro atoms. The van der Waals surface area contributed by atoms with Gasteiger partial charge in [0.2, 0.25) is 11.6 Å². The number of carbonyl (C=O) groups is 1. The van der Waals surface area contributed by atoms with Crippen LogP contribution in [0.1, 0.15) is 27.0 Å². The third-order valence-corrected chi connectivity index (χ3v) is 4.26. The molecule has 1 heterocycles. The van der Waals surface area contributed by atoms with Crippen LogP contribution in [0.3, 0.4) is 0 Å². The van der Waals surface area contributed by atoms with Crippen molar-refractivity contribution in [2.24, 2.45) is 0 Å². The maximum atomic E-state index is 12.3. The fourth-order valence-electron chi connectivity index (χ4n) is 2.63. The molecule has 9 heteroatoms. The summed E-state index contributed by atoms with van der Waals surface area (Å²) in [6.45, 7) is 5.72. The van der Waals surface area contributed by atoms with E-state index in [0.717, 1.165) is 16.7 Å². The van der Waals surface area contributed by atoms with Crippen LogP contribution in [0, 0.1) is 30.9 Å². The lowest BCUT2D eigenvalue weighted by atomic mass is 10.1. The van der Waals surface area contributed by atoms with Crippen molar-refractivity contribution in [3.8, 4) is 0 Å². The Morgan fingerprint density at radius 2 is 1.62 bits per heavy atom. The van der Waals surface area contributed by atoms with E-state index in [0.29, 0.717) is 11.3 Å². The zero-order valence-corrected chi connectivity index (χ0v) is 16.2. The summed E-state index contributed by atoms with van der Waals surface area (Å²) in [4.78, 5) is 31.2. The molecule has 0 saturated carbocycles. The number of hydrogen-bond acceptors (Lipinski definition) is 7. The molecule has 0 atom stereocenters. The molecule has 1 aromatic heterocycles.